The van der Waals surface area contributed by atoms with E-state index in [-0.39, 0.29) is 5.91 Å². The van der Waals surface area contributed by atoms with Crippen molar-refractivity contribution in [1.82, 2.24) is 24.9 Å². The molecule has 0 radical (unpaired) electrons. The number of hydrogen-bond donors (Lipinski definition) is 1. The Balaban J connectivity index is 1.46. The average Bonchev–Trinajstić information content (AvgIpc) is 3.28. The summed E-state index contributed by atoms with van der Waals surface area (Å²) in [6.45, 7) is 3.50. The first kappa shape index (κ1) is 22.1. The maximum Gasteiger partial charge on any atom is 0.261 e. The van der Waals surface area contributed by atoms with Gasteiger partial charge < -0.3 is 19.5 Å². The van der Waals surface area contributed by atoms with Gasteiger partial charge >= 0.3 is 0 Å². The Hall–Kier alpha value is -4.14. The van der Waals surface area contributed by atoms with Gasteiger partial charge in [0.15, 0.2) is 29.1 Å². The van der Waals surface area contributed by atoms with E-state index in [1.807, 2.05) is 49.4 Å². The molecule has 4 aromatic rings. The van der Waals surface area contributed by atoms with Gasteiger partial charge in [-0.1, -0.05) is 12.1 Å². The van der Waals surface area contributed by atoms with Gasteiger partial charge in [0.1, 0.15) is 12.1 Å². The third-order valence-electron chi connectivity index (χ3n) is 5.12. The number of carbonyl (C=O) groups excluding carboxylic acids is 1. The maximum absolute atomic E-state index is 12.7. The van der Waals surface area contributed by atoms with E-state index in [0.717, 1.165) is 17.0 Å². The van der Waals surface area contributed by atoms with Crippen LogP contribution in [0.1, 0.15) is 25.7 Å². The number of nitrogens with one attached hydrogen (secondary N) is 1. The molecule has 2 heterocycles. The average molecular weight is 447 g/mol. The van der Waals surface area contributed by atoms with Crippen molar-refractivity contribution in [1.29, 1.82) is 0 Å². The number of carbonyl (C=O) groups is 1. The zero-order valence-corrected chi connectivity index (χ0v) is 18.9. The molecule has 0 aliphatic heterocycles. The van der Waals surface area contributed by atoms with E-state index in [2.05, 4.69) is 20.4 Å². The maximum atomic E-state index is 12.7. The highest BCUT2D eigenvalue weighted by atomic mass is 16.5. The Kier molecular flexibility index (Phi) is 6.39. The van der Waals surface area contributed by atoms with Crippen LogP contribution in [0.4, 0.5) is 0 Å². The number of ether oxygens (including phenoxy) is 3. The number of benzene rings is 2. The van der Waals surface area contributed by atoms with E-state index < -0.39 is 12.1 Å². The second-order valence-corrected chi connectivity index (χ2v) is 7.42. The number of para-hydroxylation sites is 2. The molecule has 2 aromatic carbocycles. The normalized spacial score (nSPS) is 12.7. The van der Waals surface area contributed by atoms with Crippen LogP contribution < -0.4 is 19.5 Å². The molecule has 0 fully saturated rings. The summed E-state index contributed by atoms with van der Waals surface area (Å²) in [6, 6.07) is 16.2. The summed E-state index contributed by atoms with van der Waals surface area (Å²) in [4.78, 5) is 21.7. The molecule has 0 spiro atoms. The fourth-order valence-corrected chi connectivity index (χ4v) is 3.27. The Morgan fingerprint density at radius 2 is 1.73 bits per heavy atom. The summed E-state index contributed by atoms with van der Waals surface area (Å²) in [5.41, 5.74) is 2.33. The minimum Gasteiger partial charge on any atom is -0.497 e. The molecular formula is C24H25N5O4. The quantitative estimate of drug-likeness (QED) is 0.442. The predicted octanol–water partition coefficient (Wildman–Crippen LogP) is 3.45. The minimum atomic E-state index is -0.732. The molecule has 0 saturated heterocycles. The highest BCUT2D eigenvalue weighted by Crippen LogP contribution is 2.27. The van der Waals surface area contributed by atoms with Crippen molar-refractivity contribution in [3.63, 3.8) is 0 Å². The van der Waals surface area contributed by atoms with Crippen LogP contribution in [0.2, 0.25) is 0 Å². The van der Waals surface area contributed by atoms with Crippen molar-refractivity contribution in [2.75, 3.05) is 14.2 Å². The summed E-state index contributed by atoms with van der Waals surface area (Å²) >= 11 is 0. The first-order valence-corrected chi connectivity index (χ1v) is 10.4. The molecule has 1 N–H and O–H groups in total. The highest BCUT2D eigenvalue weighted by Gasteiger charge is 2.21. The van der Waals surface area contributed by atoms with Crippen molar-refractivity contribution >= 4 is 11.6 Å². The third-order valence-corrected chi connectivity index (χ3v) is 5.12. The molecule has 0 saturated carbocycles. The van der Waals surface area contributed by atoms with Crippen molar-refractivity contribution in [3.05, 3.63) is 66.7 Å². The molecule has 0 unspecified atom stereocenters. The SMILES string of the molecule is COc1ccc(-c2cc3nc([C@@H](C)NC(=O)[C@@H](C)Oc4ccccc4OC)nn3cn2)cc1. The van der Waals surface area contributed by atoms with Gasteiger partial charge in [0.25, 0.3) is 5.91 Å². The lowest BCUT2D eigenvalue weighted by Crippen LogP contribution is -2.38. The van der Waals surface area contributed by atoms with E-state index >= 15 is 0 Å². The first-order chi connectivity index (χ1) is 16.0. The molecule has 2 atom stereocenters. The number of nitrogens with zero attached hydrogens (tertiary/aromatic N) is 4. The zero-order valence-electron chi connectivity index (χ0n) is 18.9. The largest absolute Gasteiger partial charge is 0.497 e. The van der Waals surface area contributed by atoms with Gasteiger partial charge in [0, 0.05) is 11.6 Å². The van der Waals surface area contributed by atoms with Crippen LogP contribution >= 0.6 is 0 Å². The van der Waals surface area contributed by atoms with Gasteiger partial charge in [-0.05, 0) is 50.2 Å². The summed E-state index contributed by atoms with van der Waals surface area (Å²) < 4.78 is 17.8. The minimum absolute atomic E-state index is 0.288. The number of amides is 1. The van der Waals surface area contributed by atoms with Crippen LogP contribution in [0.3, 0.4) is 0 Å². The van der Waals surface area contributed by atoms with Gasteiger partial charge in [-0.15, -0.1) is 5.10 Å². The molecule has 4 rings (SSSR count). The fraction of sp³-hybridized carbons (Fsp3) is 0.250. The van der Waals surface area contributed by atoms with Crippen LogP contribution in [-0.2, 0) is 4.79 Å². The summed E-state index contributed by atoms with van der Waals surface area (Å²) in [6.07, 6.45) is 0.872. The number of methoxy groups -OCH3 is 2. The van der Waals surface area contributed by atoms with Crippen molar-refractivity contribution in [2.24, 2.45) is 0 Å². The molecule has 0 aliphatic carbocycles. The van der Waals surface area contributed by atoms with Crippen LogP contribution in [0.25, 0.3) is 16.9 Å². The smallest absolute Gasteiger partial charge is 0.261 e. The third kappa shape index (κ3) is 4.87. The van der Waals surface area contributed by atoms with Gasteiger partial charge in [-0.3, -0.25) is 4.79 Å². The standard InChI is InChI=1S/C24H25N5O4/c1-15(26-24(30)16(2)33-21-8-6-5-7-20(21)32-4)23-27-22-13-19(25-14-29(22)28-23)17-9-11-18(31-3)12-10-17/h5-16H,1-4H3,(H,26,30)/t15-,16-/m1/s1. The number of fused-ring (bicyclic) bond motifs is 1. The van der Waals surface area contributed by atoms with E-state index in [1.54, 1.807) is 44.1 Å². The van der Waals surface area contributed by atoms with E-state index in [1.165, 1.54) is 0 Å². The topological polar surface area (TPSA) is 99.9 Å². The van der Waals surface area contributed by atoms with Crippen LogP contribution in [0, 0.1) is 0 Å². The molecule has 0 bridgehead atoms. The molecular weight excluding hydrogens is 422 g/mol. The lowest BCUT2D eigenvalue weighted by Gasteiger charge is -2.18. The van der Waals surface area contributed by atoms with E-state index in [9.17, 15) is 4.79 Å². The lowest BCUT2D eigenvalue weighted by molar-refractivity contribution is -0.128. The number of aromatic nitrogens is 4. The van der Waals surface area contributed by atoms with Crippen molar-refractivity contribution in [3.8, 4) is 28.5 Å². The molecule has 1 amide bonds. The first-order valence-electron chi connectivity index (χ1n) is 10.4. The van der Waals surface area contributed by atoms with Crippen LogP contribution in [0.5, 0.6) is 17.2 Å². The molecule has 2 aromatic heterocycles. The molecule has 9 nitrogen and oxygen atoms in total. The Bertz CT molecular complexity index is 1260. The summed E-state index contributed by atoms with van der Waals surface area (Å²) in [5.74, 6) is 2.02. The molecule has 0 aliphatic rings. The Morgan fingerprint density at radius 3 is 2.42 bits per heavy atom. The van der Waals surface area contributed by atoms with Gasteiger partial charge in [0.2, 0.25) is 0 Å². The second-order valence-electron chi connectivity index (χ2n) is 7.42. The highest BCUT2D eigenvalue weighted by molar-refractivity contribution is 5.81. The fourth-order valence-electron chi connectivity index (χ4n) is 3.27. The van der Waals surface area contributed by atoms with Gasteiger partial charge in [-0.25, -0.2) is 14.5 Å². The van der Waals surface area contributed by atoms with Crippen LogP contribution in [0.15, 0.2) is 60.9 Å². The molecule has 170 valence electrons. The molecule has 9 heteroatoms. The number of rotatable bonds is 8. The summed E-state index contributed by atoms with van der Waals surface area (Å²) in [5, 5.41) is 7.34. The van der Waals surface area contributed by atoms with Crippen molar-refractivity contribution < 1.29 is 19.0 Å². The van der Waals surface area contributed by atoms with Crippen LogP contribution in [-0.4, -0.2) is 45.8 Å². The van der Waals surface area contributed by atoms with Crippen molar-refractivity contribution in [2.45, 2.75) is 26.0 Å². The van der Waals surface area contributed by atoms with E-state index in [4.69, 9.17) is 14.2 Å². The van der Waals surface area contributed by atoms with Gasteiger partial charge in [0.05, 0.1) is 26.0 Å². The Morgan fingerprint density at radius 1 is 1.00 bits per heavy atom. The second kappa shape index (κ2) is 9.56. The Labute approximate surface area is 191 Å². The monoisotopic (exact) mass is 447 g/mol. The zero-order chi connectivity index (χ0) is 23.4. The summed E-state index contributed by atoms with van der Waals surface area (Å²) in [7, 11) is 3.18. The van der Waals surface area contributed by atoms with Gasteiger partial charge in [-0.2, -0.15) is 0 Å². The lowest BCUT2D eigenvalue weighted by atomic mass is 10.1. The van der Waals surface area contributed by atoms with E-state index in [0.29, 0.717) is 23.0 Å². The number of hydrogen-bond acceptors (Lipinski definition) is 7. The molecule has 33 heavy (non-hydrogen) atoms. The predicted molar refractivity (Wildman–Crippen MR) is 122 cm³/mol.